The minimum Gasteiger partial charge on any atom is -0.507 e. The maximum absolute atomic E-state index is 11.7. The van der Waals surface area contributed by atoms with Gasteiger partial charge in [-0.25, -0.2) is 15.2 Å². The van der Waals surface area contributed by atoms with Crippen LogP contribution < -0.4 is 15.5 Å². The number of nitrogens with one attached hydrogen (secondary N) is 2. The Morgan fingerprint density at radius 3 is 2.80 bits per heavy atom. The van der Waals surface area contributed by atoms with Crippen molar-refractivity contribution in [2.75, 3.05) is 53.5 Å². The van der Waals surface area contributed by atoms with Crippen LogP contribution in [-0.4, -0.2) is 104 Å². The summed E-state index contributed by atoms with van der Waals surface area (Å²) in [4.78, 5) is 16.3. The second kappa shape index (κ2) is 10.5. The Kier molecular flexibility index (Phi) is 7.96. The third-order valence-electron chi connectivity index (χ3n) is 5.78. The zero-order valence-corrected chi connectivity index (χ0v) is 18.2. The maximum atomic E-state index is 11.7. The fraction of sp³-hybridized carbons (Fsp3) is 0.650. The van der Waals surface area contributed by atoms with Crippen molar-refractivity contribution in [3.63, 3.8) is 0 Å². The number of aromatic carboxylic acids is 1. The fourth-order valence-corrected chi connectivity index (χ4v) is 3.90. The number of carboxylic acids is 1. The number of likely N-dealkylation sites (N-methyl/N-ethyl adjacent to an activating group) is 1. The van der Waals surface area contributed by atoms with Crippen molar-refractivity contribution in [2.24, 2.45) is 0 Å². The van der Waals surface area contributed by atoms with E-state index in [1.54, 1.807) is 12.1 Å². The zero-order chi connectivity index (χ0) is 21.7. The van der Waals surface area contributed by atoms with Crippen molar-refractivity contribution in [1.29, 1.82) is 0 Å². The lowest BCUT2D eigenvalue weighted by atomic mass is 9.75. The number of hydrazine groups is 1. The Morgan fingerprint density at radius 1 is 1.33 bits per heavy atom. The van der Waals surface area contributed by atoms with E-state index in [1.807, 2.05) is 7.05 Å². The molecule has 1 aromatic rings. The molecule has 0 spiro atoms. The summed E-state index contributed by atoms with van der Waals surface area (Å²) >= 11 is 0. The molecule has 166 valence electrons. The molecule has 0 radical (unpaired) electrons. The van der Waals surface area contributed by atoms with Gasteiger partial charge in [0.05, 0.1) is 12.8 Å². The molecule has 0 aromatic heterocycles. The largest absolute Gasteiger partial charge is 0.507 e. The van der Waals surface area contributed by atoms with Crippen LogP contribution in [0.4, 0.5) is 0 Å². The molecular formula is C20H34BN5O4. The summed E-state index contributed by atoms with van der Waals surface area (Å²) in [6.07, 6.45) is 1.68. The van der Waals surface area contributed by atoms with Gasteiger partial charge in [0.1, 0.15) is 30.4 Å². The van der Waals surface area contributed by atoms with Crippen molar-refractivity contribution < 1.29 is 19.7 Å². The van der Waals surface area contributed by atoms with Crippen LogP contribution in [0.15, 0.2) is 12.1 Å². The fourth-order valence-electron chi connectivity index (χ4n) is 3.90. The minimum atomic E-state index is -1.16. The van der Waals surface area contributed by atoms with Crippen LogP contribution in [0.2, 0.25) is 13.1 Å². The van der Waals surface area contributed by atoms with Crippen LogP contribution in [0.25, 0.3) is 0 Å². The highest BCUT2D eigenvalue weighted by Gasteiger charge is 2.33. The van der Waals surface area contributed by atoms with Crippen molar-refractivity contribution in [3.05, 3.63) is 23.3 Å². The molecule has 2 heterocycles. The van der Waals surface area contributed by atoms with E-state index in [0.717, 1.165) is 53.0 Å². The average molecular weight is 419 g/mol. The highest BCUT2D eigenvalue weighted by atomic mass is 16.5. The number of nitrogens with zero attached hydrogens (tertiary/aromatic N) is 3. The summed E-state index contributed by atoms with van der Waals surface area (Å²) in [5.74, 6) is -1.08. The third-order valence-corrected chi connectivity index (χ3v) is 5.78. The predicted octanol–water partition coefficient (Wildman–Crippen LogP) is -0.146. The van der Waals surface area contributed by atoms with Crippen LogP contribution in [-0.2, 0) is 6.42 Å². The van der Waals surface area contributed by atoms with E-state index in [1.165, 1.54) is 0 Å². The van der Waals surface area contributed by atoms with Gasteiger partial charge in [-0.3, -0.25) is 9.80 Å². The molecular weight excluding hydrogens is 385 g/mol. The van der Waals surface area contributed by atoms with E-state index in [2.05, 4.69) is 39.4 Å². The topological polar surface area (TPSA) is 101 Å². The molecule has 2 aliphatic heterocycles. The standard InChI is InChI=1S/C20H34BN5O4/c1-21-7-6-14-4-5-16(18(19(14)27)20(28)29)30-15-10-26(11-15)12-17-23-25(3)13-22-8-9-24(17)2/h4-5,15,17,21-23,27H,6-13H2,1-3H3,(H,28,29). The van der Waals surface area contributed by atoms with Gasteiger partial charge in [0.15, 0.2) is 0 Å². The maximum Gasteiger partial charge on any atom is 0.343 e. The number of carbonyl (C=O) groups is 1. The number of aryl methyl sites for hydroxylation is 1. The second-order valence-corrected chi connectivity index (χ2v) is 8.30. The second-order valence-electron chi connectivity index (χ2n) is 8.30. The Labute approximate surface area is 179 Å². The molecule has 2 saturated heterocycles. The molecule has 1 atom stereocenters. The highest BCUT2D eigenvalue weighted by Crippen LogP contribution is 2.33. The Balaban J connectivity index is 1.57. The molecule has 30 heavy (non-hydrogen) atoms. The first kappa shape index (κ1) is 22.8. The summed E-state index contributed by atoms with van der Waals surface area (Å²) in [5.41, 5.74) is 4.02. The number of rotatable bonds is 8. The predicted molar refractivity (Wildman–Crippen MR) is 118 cm³/mol. The average Bonchev–Trinajstić information content (AvgIpc) is 2.66. The highest BCUT2D eigenvalue weighted by molar-refractivity contribution is 6.33. The van der Waals surface area contributed by atoms with E-state index in [9.17, 15) is 15.0 Å². The Hall–Kier alpha value is -1.85. The normalized spacial score (nSPS) is 22.2. The number of benzene rings is 1. The lowest BCUT2D eigenvalue weighted by molar-refractivity contribution is -0.0194. The van der Waals surface area contributed by atoms with Crippen molar-refractivity contribution >= 4 is 13.2 Å². The van der Waals surface area contributed by atoms with Crippen LogP contribution in [0.5, 0.6) is 11.5 Å². The van der Waals surface area contributed by atoms with Gasteiger partial charge in [0.25, 0.3) is 0 Å². The van der Waals surface area contributed by atoms with Gasteiger partial charge in [-0.2, -0.15) is 0 Å². The number of hydrogen-bond acceptors (Lipinski definition) is 8. The quantitative estimate of drug-likeness (QED) is 0.429. The number of phenols is 1. The molecule has 0 bridgehead atoms. The van der Waals surface area contributed by atoms with Gasteiger partial charge in [-0.15, -0.1) is 0 Å². The van der Waals surface area contributed by atoms with Gasteiger partial charge in [-0.1, -0.05) is 19.2 Å². The molecule has 9 nitrogen and oxygen atoms in total. The number of likely N-dealkylation sites (tertiary alicyclic amines) is 1. The van der Waals surface area contributed by atoms with Gasteiger partial charge < -0.3 is 20.3 Å². The summed E-state index contributed by atoms with van der Waals surface area (Å²) < 4.78 is 5.96. The van der Waals surface area contributed by atoms with Gasteiger partial charge in [0, 0.05) is 39.8 Å². The molecule has 0 amide bonds. The molecule has 2 aliphatic rings. The van der Waals surface area contributed by atoms with Gasteiger partial charge in [0.2, 0.25) is 0 Å². The van der Waals surface area contributed by atoms with Crippen LogP contribution >= 0.6 is 0 Å². The molecule has 2 fully saturated rings. The van der Waals surface area contributed by atoms with Crippen LogP contribution in [0.3, 0.4) is 0 Å². The first-order chi connectivity index (χ1) is 14.4. The molecule has 0 aliphatic carbocycles. The van der Waals surface area contributed by atoms with Gasteiger partial charge in [-0.05, 0) is 25.1 Å². The van der Waals surface area contributed by atoms with Crippen molar-refractivity contribution in [1.82, 2.24) is 25.6 Å². The third kappa shape index (κ3) is 5.64. The Bertz CT molecular complexity index is 731. The molecule has 10 heteroatoms. The van der Waals surface area contributed by atoms with Crippen LogP contribution in [0, 0.1) is 0 Å². The van der Waals surface area contributed by atoms with E-state index in [4.69, 9.17) is 4.74 Å². The first-order valence-electron chi connectivity index (χ1n) is 10.7. The van der Waals surface area contributed by atoms with Crippen molar-refractivity contribution in [2.45, 2.75) is 31.8 Å². The SMILES string of the molecule is CBCCc1ccc(OC2CN(CC3NN(C)CNCCN3C)C2)c(C(=O)O)c1O. The molecule has 1 aromatic carbocycles. The van der Waals surface area contributed by atoms with E-state index < -0.39 is 5.97 Å². The first-order valence-corrected chi connectivity index (χ1v) is 10.7. The number of carboxylic acid groups (broad SMARTS) is 1. The number of ether oxygens (including phenoxy) is 1. The number of aromatic hydroxyl groups is 1. The molecule has 0 saturated carbocycles. The minimum absolute atomic E-state index is 0.0812. The lowest BCUT2D eigenvalue weighted by Crippen LogP contribution is -2.64. The monoisotopic (exact) mass is 419 g/mol. The summed E-state index contributed by atoms with van der Waals surface area (Å²) in [6, 6.07) is 3.46. The zero-order valence-electron chi connectivity index (χ0n) is 18.2. The Morgan fingerprint density at radius 2 is 2.10 bits per heavy atom. The van der Waals surface area contributed by atoms with Crippen LogP contribution in [0.1, 0.15) is 15.9 Å². The van der Waals surface area contributed by atoms with Crippen molar-refractivity contribution in [3.8, 4) is 11.5 Å². The van der Waals surface area contributed by atoms with E-state index in [-0.39, 0.29) is 29.3 Å². The summed E-state index contributed by atoms with van der Waals surface area (Å²) in [5, 5.41) is 25.5. The lowest BCUT2D eigenvalue weighted by Gasteiger charge is -2.44. The molecule has 1 unspecified atom stereocenters. The molecule has 4 N–H and O–H groups in total. The summed E-state index contributed by atoms with van der Waals surface area (Å²) in [7, 11) is 5.11. The molecule has 3 rings (SSSR count). The smallest absolute Gasteiger partial charge is 0.343 e. The van der Waals surface area contributed by atoms with E-state index in [0.29, 0.717) is 12.0 Å². The number of hydrogen-bond donors (Lipinski definition) is 4. The van der Waals surface area contributed by atoms with E-state index >= 15 is 0 Å². The van der Waals surface area contributed by atoms with Gasteiger partial charge >= 0.3 is 5.97 Å². The summed E-state index contributed by atoms with van der Waals surface area (Å²) in [6.45, 7) is 7.08.